The van der Waals surface area contributed by atoms with Crippen LogP contribution < -0.4 is 0 Å². The Balaban J connectivity index is 2.43. The zero-order valence-corrected chi connectivity index (χ0v) is 12.4. The molecule has 0 amide bonds. The lowest BCUT2D eigenvalue weighted by Crippen LogP contribution is -2.35. The van der Waals surface area contributed by atoms with Crippen LogP contribution in [0.25, 0.3) is 0 Å². The first-order valence-electron chi connectivity index (χ1n) is 7.15. The maximum absolute atomic E-state index is 9.52. The van der Waals surface area contributed by atoms with Gasteiger partial charge in [0.2, 0.25) is 0 Å². The van der Waals surface area contributed by atoms with Crippen LogP contribution in [0.15, 0.2) is 12.2 Å². The molecule has 0 aliphatic carbocycles. The van der Waals surface area contributed by atoms with Crippen molar-refractivity contribution in [1.82, 2.24) is 0 Å². The maximum atomic E-state index is 9.52. The second-order valence-electron chi connectivity index (χ2n) is 5.91. The van der Waals surface area contributed by atoms with Crippen molar-refractivity contribution in [2.45, 2.75) is 64.4 Å². The predicted molar refractivity (Wildman–Crippen MR) is 74.8 cm³/mol. The molecule has 1 aliphatic heterocycles. The fourth-order valence-corrected chi connectivity index (χ4v) is 2.41. The zero-order chi connectivity index (χ0) is 14.5. The summed E-state index contributed by atoms with van der Waals surface area (Å²) in [5, 5.41) is 18.4. The normalized spacial score (nSPS) is 28.7. The molecule has 1 saturated heterocycles. The third-order valence-corrected chi connectivity index (χ3v) is 3.54. The van der Waals surface area contributed by atoms with Crippen molar-refractivity contribution in [2.75, 3.05) is 13.2 Å². The third-order valence-electron chi connectivity index (χ3n) is 3.54. The first-order chi connectivity index (χ1) is 8.83. The minimum Gasteiger partial charge on any atom is -0.396 e. The number of hydrogen-bond acceptors (Lipinski definition) is 4. The highest BCUT2D eigenvalue weighted by molar-refractivity contribution is 5.09. The molecule has 0 aromatic heterocycles. The van der Waals surface area contributed by atoms with Crippen LogP contribution in [0.5, 0.6) is 0 Å². The number of rotatable bonds is 7. The summed E-state index contributed by atoms with van der Waals surface area (Å²) < 4.78 is 11.3. The van der Waals surface area contributed by atoms with Gasteiger partial charge in [-0.3, -0.25) is 0 Å². The quantitative estimate of drug-likeness (QED) is 0.551. The van der Waals surface area contributed by atoms with E-state index in [4.69, 9.17) is 14.6 Å². The van der Waals surface area contributed by atoms with Crippen molar-refractivity contribution >= 4 is 0 Å². The van der Waals surface area contributed by atoms with E-state index in [0.29, 0.717) is 18.9 Å². The molecule has 4 nitrogen and oxygen atoms in total. The minimum atomic E-state index is -1.10. The van der Waals surface area contributed by atoms with Gasteiger partial charge in [-0.1, -0.05) is 13.5 Å². The summed E-state index contributed by atoms with van der Waals surface area (Å²) in [6.07, 6.45) is 3.53. The summed E-state index contributed by atoms with van der Waals surface area (Å²) >= 11 is 0. The summed E-state index contributed by atoms with van der Waals surface area (Å²) in [4.78, 5) is 0. The van der Waals surface area contributed by atoms with E-state index >= 15 is 0 Å². The molecule has 0 bridgehead atoms. The summed E-state index contributed by atoms with van der Waals surface area (Å²) in [6.45, 7) is 10.2. The van der Waals surface area contributed by atoms with Crippen LogP contribution in [0.3, 0.4) is 0 Å². The van der Waals surface area contributed by atoms with E-state index in [2.05, 4.69) is 13.5 Å². The number of aliphatic hydroxyl groups excluding tert-OH is 1. The molecule has 1 fully saturated rings. The molecule has 3 atom stereocenters. The predicted octanol–water partition coefficient (Wildman–Crippen LogP) is 2.24. The van der Waals surface area contributed by atoms with Crippen molar-refractivity contribution in [2.24, 2.45) is 5.92 Å². The van der Waals surface area contributed by atoms with Crippen LogP contribution in [0, 0.1) is 5.92 Å². The standard InChI is InChI=1S/C15H28O4/c1-11-10-13(6-5-8-16)19-14(12(11)2)7-9-18-15(3,4)17/h11,13-14,16-17H,2,5-10H2,1,3-4H3/t11-,13?,14?/m1/s1. The van der Waals surface area contributed by atoms with Crippen molar-refractivity contribution < 1.29 is 19.7 Å². The Morgan fingerprint density at radius 1 is 1.42 bits per heavy atom. The van der Waals surface area contributed by atoms with Crippen molar-refractivity contribution in [1.29, 1.82) is 0 Å². The van der Waals surface area contributed by atoms with Gasteiger partial charge in [0, 0.05) is 13.0 Å². The number of hydrogen-bond donors (Lipinski definition) is 2. The Morgan fingerprint density at radius 3 is 2.68 bits per heavy atom. The first-order valence-corrected chi connectivity index (χ1v) is 7.15. The molecule has 0 aromatic rings. The molecule has 1 heterocycles. The minimum absolute atomic E-state index is 0.00482. The highest BCUT2D eigenvalue weighted by Crippen LogP contribution is 2.32. The molecule has 1 rings (SSSR count). The van der Waals surface area contributed by atoms with Crippen molar-refractivity contribution in [3.8, 4) is 0 Å². The van der Waals surface area contributed by atoms with Gasteiger partial charge in [0.1, 0.15) is 0 Å². The number of aliphatic hydroxyl groups is 2. The molecule has 0 spiro atoms. The Kier molecular flexibility index (Phi) is 6.47. The lowest BCUT2D eigenvalue weighted by molar-refractivity contribution is -0.181. The lowest BCUT2D eigenvalue weighted by atomic mass is 9.86. The maximum Gasteiger partial charge on any atom is 0.159 e. The third kappa shape index (κ3) is 6.04. The highest BCUT2D eigenvalue weighted by Gasteiger charge is 2.30. The zero-order valence-electron chi connectivity index (χ0n) is 12.4. The Hall–Kier alpha value is -0.420. The molecular weight excluding hydrogens is 244 g/mol. The Labute approximate surface area is 116 Å². The van der Waals surface area contributed by atoms with E-state index in [9.17, 15) is 5.11 Å². The van der Waals surface area contributed by atoms with Gasteiger partial charge in [0.15, 0.2) is 5.79 Å². The van der Waals surface area contributed by atoms with Gasteiger partial charge in [0.05, 0.1) is 18.8 Å². The van der Waals surface area contributed by atoms with E-state index in [1.807, 2.05) is 0 Å². The Morgan fingerprint density at radius 2 is 2.11 bits per heavy atom. The molecule has 4 heteroatoms. The van der Waals surface area contributed by atoms with E-state index < -0.39 is 5.79 Å². The van der Waals surface area contributed by atoms with E-state index in [-0.39, 0.29) is 18.8 Å². The van der Waals surface area contributed by atoms with Gasteiger partial charge in [-0.25, -0.2) is 0 Å². The van der Waals surface area contributed by atoms with Crippen LogP contribution >= 0.6 is 0 Å². The van der Waals surface area contributed by atoms with Gasteiger partial charge in [-0.2, -0.15) is 0 Å². The molecule has 0 saturated carbocycles. The second-order valence-corrected chi connectivity index (χ2v) is 5.91. The molecule has 112 valence electrons. The summed E-state index contributed by atoms with van der Waals surface area (Å²) in [6, 6.07) is 0. The molecule has 0 radical (unpaired) electrons. The Bertz CT molecular complexity index is 282. The molecule has 0 aromatic carbocycles. The fraction of sp³-hybridized carbons (Fsp3) is 0.867. The van der Waals surface area contributed by atoms with E-state index in [1.165, 1.54) is 0 Å². The fourth-order valence-electron chi connectivity index (χ4n) is 2.41. The van der Waals surface area contributed by atoms with E-state index in [1.54, 1.807) is 13.8 Å². The summed E-state index contributed by atoms with van der Waals surface area (Å²) in [5.74, 6) is -0.665. The molecule has 19 heavy (non-hydrogen) atoms. The molecule has 1 aliphatic rings. The first kappa shape index (κ1) is 16.6. The van der Waals surface area contributed by atoms with Crippen LogP contribution in [0.2, 0.25) is 0 Å². The van der Waals surface area contributed by atoms with Crippen LogP contribution in [-0.2, 0) is 9.47 Å². The largest absolute Gasteiger partial charge is 0.396 e. The van der Waals surface area contributed by atoms with Crippen LogP contribution in [-0.4, -0.2) is 41.4 Å². The topological polar surface area (TPSA) is 58.9 Å². The smallest absolute Gasteiger partial charge is 0.159 e. The average Bonchev–Trinajstić information content (AvgIpc) is 2.30. The van der Waals surface area contributed by atoms with E-state index in [0.717, 1.165) is 24.8 Å². The second kappa shape index (κ2) is 7.39. The summed E-state index contributed by atoms with van der Waals surface area (Å²) in [5.41, 5.74) is 1.11. The van der Waals surface area contributed by atoms with Crippen molar-refractivity contribution in [3.63, 3.8) is 0 Å². The highest BCUT2D eigenvalue weighted by atomic mass is 16.6. The van der Waals surface area contributed by atoms with Gasteiger partial charge >= 0.3 is 0 Å². The van der Waals surface area contributed by atoms with Gasteiger partial charge < -0.3 is 19.7 Å². The van der Waals surface area contributed by atoms with Crippen LogP contribution in [0.4, 0.5) is 0 Å². The monoisotopic (exact) mass is 272 g/mol. The molecule has 2 N–H and O–H groups in total. The van der Waals surface area contributed by atoms with Crippen LogP contribution in [0.1, 0.15) is 46.5 Å². The molecule has 2 unspecified atom stereocenters. The lowest BCUT2D eigenvalue weighted by Gasteiger charge is -2.36. The average molecular weight is 272 g/mol. The van der Waals surface area contributed by atoms with Gasteiger partial charge in [0.25, 0.3) is 0 Å². The van der Waals surface area contributed by atoms with Gasteiger partial charge in [-0.05, 0) is 44.6 Å². The van der Waals surface area contributed by atoms with Crippen molar-refractivity contribution in [3.05, 3.63) is 12.2 Å². The number of ether oxygens (including phenoxy) is 2. The van der Waals surface area contributed by atoms with Gasteiger partial charge in [-0.15, -0.1) is 0 Å². The molecular formula is C15H28O4. The SMILES string of the molecule is C=C1C(CCOC(C)(C)O)OC(CCCO)C[C@H]1C. The summed E-state index contributed by atoms with van der Waals surface area (Å²) in [7, 11) is 0.